The number of hydrogen-bond acceptors (Lipinski definition) is 6. The lowest BCUT2D eigenvalue weighted by Crippen LogP contribution is -2.18. The summed E-state index contributed by atoms with van der Waals surface area (Å²) in [6.45, 7) is 0. The van der Waals surface area contributed by atoms with Gasteiger partial charge in [-0.2, -0.15) is 0 Å². The molecule has 0 aliphatic carbocycles. The number of carbonyl (C=O) groups is 1. The normalized spacial score (nSPS) is 12.6. The molecule has 0 aliphatic heterocycles. The van der Waals surface area contributed by atoms with Crippen LogP contribution in [0.3, 0.4) is 0 Å². The van der Waals surface area contributed by atoms with Crippen LogP contribution in [0.15, 0.2) is 30.3 Å². The summed E-state index contributed by atoms with van der Waals surface area (Å²) in [5.74, 6) is -0.510. The molecule has 12 heteroatoms. The molecule has 0 fully saturated rings. The largest absolute Gasteiger partial charge is 0.471 e. The van der Waals surface area contributed by atoms with Crippen LogP contribution in [0.5, 0.6) is 0 Å². The summed E-state index contributed by atoms with van der Waals surface area (Å²) in [5.41, 5.74) is 0.314. The van der Waals surface area contributed by atoms with E-state index in [2.05, 4.69) is 9.05 Å². The van der Waals surface area contributed by atoms with Crippen molar-refractivity contribution in [1.82, 2.24) is 0 Å². The van der Waals surface area contributed by atoms with E-state index >= 15 is 0 Å². The van der Waals surface area contributed by atoms with Gasteiger partial charge in [-0.3, -0.25) is 13.8 Å². The van der Waals surface area contributed by atoms with Crippen LogP contribution in [0.25, 0.3) is 0 Å². The smallest absolute Gasteiger partial charge is 0.303 e. The van der Waals surface area contributed by atoms with E-state index in [1.807, 2.05) is 0 Å². The molecule has 0 saturated carbocycles. The average Bonchev–Trinajstić information content (AvgIpc) is 2.33. The number of phosphoric ester groups is 2. The van der Waals surface area contributed by atoms with Gasteiger partial charge in [-0.1, -0.05) is 42.1 Å². The highest BCUT2D eigenvalue weighted by molar-refractivity contribution is 8.14. The first-order chi connectivity index (χ1) is 9.57. The third-order valence-corrected chi connectivity index (χ3v) is 3.83. The van der Waals surface area contributed by atoms with Gasteiger partial charge >= 0.3 is 15.6 Å². The van der Waals surface area contributed by atoms with Gasteiger partial charge in [0, 0.05) is 5.56 Å². The van der Waals surface area contributed by atoms with Gasteiger partial charge in [0.15, 0.2) is 6.29 Å². The minimum atomic E-state index is -5.03. The van der Waals surface area contributed by atoms with Crippen molar-refractivity contribution >= 4 is 32.5 Å². The third kappa shape index (κ3) is 8.47. The second-order valence-corrected chi connectivity index (χ2v) is 6.96. The van der Waals surface area contributed by atoms with Crippen LogP contribution in [0.2, 0.25) is 0 Å². The van der Waals surface area contributed by atoms with E-state index in [0.29, 0.717) is 17.3 Å². The Morgan fingerprint density at radius 1 is 1.05 bits per heavy atom. The van der Waals surface area contributed by atoms with E-state index in [0.717, 1.165) is 0 Å². The lowest BCUT2D eigenvalue weighted by molar-refractivity contribution is -0.0158. The van der Waals surface area contributed by atoms with Gasteiger partial charge in [-0.05, 0) is 0 Å². The number of phosphoric acid groups is 2. The zero-order chi connectivity index (χ0) is 16.1. The van der Waals surface area contributed by atoms with E-state index in [9.17, 15) is 13.9 Å². The SMILES string of the molecule is O=C(SCC(OP(=O)(O)O)OP(=O)(O)O)c1ccccc1. The third-order valence-electron chi connectivity index (χ3n) is 1.87. The Morgan fingerprint density at radius 2 is 1.52 bits per heavy atom. The second kappa shape index (κ2) is 7.64. The highest BCUT2D eigenvalue weighted by Gasteiger charge is 2.30. The van der Waals surface area contributed by atoms with Crippen molar-refractivity contribution in [3.63, 3.8) is 0 Å². The summed E-state index contributed by atoms with van der Waals surface area (Å²) in [6, 6.07) is 7.95. The van der Waals surface area contributed by atoms with E-state index in [1.165, 1.54) is 12.1 Å². The summed E-state index contributed by atoms with van der Waals surface area (Å²) in [4.78, 5) is 46.3. The maximum Gasteiger partial charge on any atom is 0.471 e. The number of hydrogen-bond donors (Lipinski definition) is 4. The number of carbonyl (C=O) groups excluding carboxylic acids is 1. The molecule has 0 bridgehead atoms. The molecule has 21 heavy (non-hydrogen) atoms. The Bertz CT molecular complexity index is 542. The van der Waals surface area contributed by atoms with Crippen LogP contribution in [0, 0.1) is 0 Å². The first-order valence-electron chi connectivity index (χ1n) is 5.27. The maximum atomic E-state index is 11.7. The number of thioether (sulfide) groups is 1. The second-order valence-electron chi connectivity index (χ2n) is 3.59. The fourth-order valence-electron chi connectivity index (χ4n) is 1.19. The Morgan fingerprint density at radius 3 is 1.95 bits per heavy atom. The van der Waals surface area contributed by atoms with Crippen molar-refractivity contribution in [2.45, 2.75) is 6.29 Å². The van der Waals surface area contributed by atoms with Gasteiger partial charge in [0.25, 0.3) is 0 Å². The molecule has 0 heterocycles. The molecule has 0 aromatic heterocycles. The quantitative estimate of drug-likeness (QED) is 0.412. The van der Waals surface area contributed by atoms with Gasteiger partial charge in [0.05, 0.1) is 5.75 Å². The maximum absolute atomic E-state index is 11.7. The molecule has 0 unspecified atom stereocenters. The summed E-state index contributed by atoms with van der Waals surface area (Å²) < 4.78 is 29.5. The standard InChI is InChI=1S/C9H12O9P2S/c10-9(7-4-2-1-3-5-7)21-6-8(17-19(11,12)13)18-20(14,15)16/h1-5,8H,6H2,(H2,11,12,13)(H2,14,15,16). The Balaban J connectivity index is 2.67. The molecule has 0 aliphatic rings. The van der Waals surface area contributed by atoms with E-state index in [1.54, 1.807) is 18.2 Å². The molecule has 1 aromatic carbocycles. The molecule has 0 amide bonds. The van der Waals surface area contributed by atoms with Crippen molar-refractivity contribution in [3.05, 3.63) is 35.9 Å². The van der Waals surface area contributed by atoms with Crippen molar-refractivity contribution in [3.8, 4) is 0 Å². The van der Waals surface area contributed by atoms with E-state index < -0.39 is 32.8 Å². The molecule has 118 valence electrons. The van der Waals surface area contributed by atoms with Crippen molar-refractivity contribution < 1.29 is 42.5 Å². The van der Waals surface area contributed by atoms with Crippen LogP contribution in [-0.2, 0) is 18.2 Å². The topological polar surface area (TPSA) is 151 Å². The molecule has 0 spiro atoms. The number of rotatable bonds is 7. The minimum Gasteiger partial charge on any atom is -0.303 e. The van der Waals surface area contributed by atoms with E-state index in [4.69, 9.17) is 19.6 Å². The molecular formula is C9H12O9P2S. The number of benzene rings is 1. The molecule has 0 saturated heterocycles. The zero-order valence-corrected chi connectivity index (χ0v) is 12.9. The minimum absolute atomic E-state index is 0.314. The lowest BCUT2D eigenvalue weighted by Gasteiger charge is -2.18. The summed E-state index contributed by atoms with van der Waals surface area (Å²) in [6.07, 6.45) is -1.94. The molecule has 4 N–H and O–H groups in total. The van der Waals surface area contributed by atoms with Gasteiger partial charge in [0.1, 0.15) is 0 Å². The van der Waals surface area contributed by atoms with Crippen molar-refractivity contribution in [1.29, 1.82) is 0 Å². The molecule has 1 aromatic rings. The Labute approximate surface area is 123 Å². The van der Waals surface area contributed by atoms with E-state index in [-0.39, 0.29) is 0 Å². The summed E-state index contributed by atoms with van der Waals surface area (Å²) in [7, 11) is -10.1. The molecule has 0 radical (unpaired) electrons. The van der Waals surface area contributed by atoms with Crippen LogP contribution in [0.4, 0.5) is 0 Å². The predicted octanol–water partition coefficient (Wildman–Crippen LogP) is 1.10. The Hall–Kier alpha value is -0.540. The summed E-state index contributed by atoms with van der Waals surface area (Å²) in [5, 5.41) is -0.468. The van der Waals surface area contributed by atoms with Crippen molar-refractivity contribution in [2.75, 3.05) is 5.75 Å². The van der Waals surface area contributed by atoms with Gasteiger partial charge in [-0.15, -0.1) is 0 Å². The first kappa shape index (κ1) is 18.5. The molecular weight excluding hydrogens is 346 g/mol. The predicted molar refractivity (Wildman–Crippen MR) is 73.3 cm³/mol. The fourth-order valence-corrected chi connectivity index (χ4v) is 3.03. The lowest BCUT2D eigenvalue weighted by atomic mass is 10.2. The molecule has 0 atom stereocenters. The van der Waals surface area contributed by atoms with Crippen LogP contribution in [0.1, 0.15) is 10.4 Å². The fraction of sp³-hybridized carbons (Fsp3) is 0.222. The van der Waals surface area contributed by atoms with Gasteiger partial charge < -0.3 is 19.6 Å². The summed E-state index contributed by atoms with van der Waals surface area (Å²) >= 11 is 0.543. The first-order valence-corrected chi connectivity index (χ1v) is 9.31. The monoisotopic (exact) mass is 358 g/mol. The van der Waals surface area contributed by atoms with Crippen LogP contribution < -0.4 is 0 Å². The molecule has 9 nitrogen and oxygen atoms in total. The average molecular weight is 358 g/mol. The zero-order valence-electron chi connectivity index (χ0n) is 10.3. The van der Waals surface area contributed by atoms with Crippen molar-refractivity contribution in [2.24, 2.45) is 0 Å². The molecule has 1 rings (SSSR count). The Kier molecular flexibility index (Phi) is 6.73. The highest BCUT2D eigenvalue weighted by atomic mass is 32.2. The van der Waals surface area contributed by atoms with Crippen LogP contribution in [-0.4, -0.2) is 36.7 Å². The van der Waals surface area contributed by atoms with Crippen LogP contribution >= 0.6 is 27.4 Å². The van der Waals surface area contributed by atoms with Gasteiger partial charge in [0.2, 0.25) is 5.12 Å². The highest BCUT2D eigenvalue weighted by Crippen LogP contribution is 2.44. The van der Waals surface area contributed by atoms with Gasteiger partial charge in [-0.25, -0.2) is 9.13 Å².